The Labute approximate surface area is 206 Å². The highest BCUT2D eigenvalue weighted by Gasteiger charge is 2.20. The summed E-state index contributed by atoms with van der Waals surface area (Å²) >= 11 is 0. The maximum absolute atomic E-state index is 13.4. The van der Waals surface area contributed by atoms with Gasteiger partial charge in [0.1, 0.15) is 5.75 Å². The van der Waals surface area contributed by atoms with Crippen molar-refractivity contribution in [3.8, 4) is 22.8 Å². The van der Waals surface area contributed by atoms with Gasteiger partial charge in [0.15, 0.2) is 11.6 Å². The van der Waals surface area contributed by atoms with Crippen molar-refractivity contribution in [2.45, 2.75) is 33.2 Å². The fraction of sp³-hybridized carbons (Fsp3) is 0.444. The average Bonchev–Trinajstić information content (AvgIpc) is 3.19. The second-order valence-electron chi connectivity index (χ2n) is 9.34. The van der Waals surface area contributed by atoms with Crippen molar-refractivity contribution in [3.05, 3.63) is 64.6 Å². The van der Waals surface area contributed by atoms with E-state index in [2.05, 4.69) is 10.00 Å². The standard InChI is InChI=1S/C27H34N4O4/c1-20(2)17-24(32)19-30-26(22-5-4-6-25(18-22)34-3)28-31(27(30)33)23-9-7-21(8-10-23)11-12-29-13-15-35-16-14-29/h4-10,18,20H,11-17,19H2,1-3H3. The number of carbonyl (C=O) groups is 1. The Hall–Kier alpha value is -3.23. The number of carbonyl (C=O) groups excluding carboxylic acids is 1. The van der Waals surface area contributed by atoms with E-state index in [0.717, 1.165) is 44.8 Å². The van der Waals surface area contributed by atoms with Gasteiger partial charge in [-0.1, -0.05) is 38.1 Å². The van der Waals surface area contributed by atoms with Crippen LogP contribution in [0.25, 0.3) is 17.1 Å². The van der Waals surface area contributed by atoms with E-state index in [-0.39, 0.29) is 23.9 Å². The number of Topliss-reactive ketones (excluding diaryl/α,β-unsaturated/α-hetero) is 1. The molecule has 1 aliphatic heterocycles. The molecule has 0 bridgehead atoms. The number of hydrogen-bond acceptors (Lipinski definition) is 6. The van der Waals surface area contributed by atoms with Gasteiger partial charge in [0, 0.05) is 31.6 Å². The molecule has 2 aromatic carbocycles. The van der Waals surface area contributed by atoms with Crippen LogP contribution in [0.5, 0.6) is 5.75 Å². The van der Waals surface area contributed by atoms with Crippen LogP contribution in [0, 0.1) is 5.92 Å². The van der Waals surface area contributed by atoms with Crippen LogP contribution in [0.1, 0.15) is 25.8 Å². The molecule has 8 nitrogen and oxygen atoms in total. The summed E-state index contributed by atoms with van der Waals surface area (Å²) in [4.78, 5) is 28.5. The summed E-state index contributed by atoms with van der Waals surface area (Å²) < 4.78 is 13.6. The van der Waals surface area contributed by atoms with Crippen molar-refractivity contribution < 1.29 is 14.3 Å². The molecule has 1 fully saturated rings. The molecule has 186 valence electrons. The van der Waals surface area contributed by atoms with Crippen molar-refractivity contribution >= 4 is 5.78 Å². The minimum Gasteiger partial charge on any atom is -0.497 e. The van der Waals surface area contributed by atoms with Crippen LogP contribution in [0.2, 0.25) is 0 Å². The predicted molar refractivity (Wildman–Crippen MR) is 135 cm³/mol. The number of ether oxygens (including phenoxy) is 2. The number of methoxy groups -OCH3 is 1. The van der Waals surface area contributed by atoms with Crippen LogP contribution < -0.4 is 10.4 Å². The summed E-state index contributed by atoms with van der Waals surface area (Å²) in [5.41, 5.74) is 2.26. The van der Waals surface area contributed by atoms with Crippen LogP contribution in [-0.4, -0.2) is 65.0 Å². The number of benzene rings is 2. The number of hydrogen-bond donors (Lipinski definition) is 0. The molecule has 2 heterocycles. The highest BCUT2D eigenvalue weighted by atomic mass is 16.5. The molecule has 1 aliphatic rings. The van der Waals surface area contributed by atoms with E-state index in [1.807, 2.05) is 62.4 Å². The van der Waals surface area contributed by atoms with Gasteiger partial charge in [0.05, 0.1) is 32.6 Å². The molecule has 0 aliphatic carbocycles. The second kappa shape index (κ2) is 11.5. The summed E-state index contributed by atoms with van der Waals surface area (Å²) in [6.07, 6.45) is 1.34. The van der Waals surface area contributed by atoms with Gasteiger partial charge in [0.25, 0.3) is 0 Å². The van der Waals surface area contributed by atoms with E-state index < -0.39 is 0 Å². The van der Waals surface area contributed by atoms with Crippen molar-refractivity contribution in [2.24, 2.45) is 5.92 Å². The maximum atomic E-state index is 13.4. The van der Waals surface area contributed by atoms with Gasteiger partial charge >= 0.3 is 5.69 Å². The van der Waals surface area contributed by atoms with Gasteiger partial charge in [-0.05, 0) is 42.2 Å². The van der Waals surface area contributed by atoms with Crippen LogP contribution in [0.15, 0.2) is 53.3 Å². The van der Waals surface area contributed by atoms with E-state index in [4.69, 9.17) is 9.47 Å². The van der Waals surface area contributed by atoms with E-state index in [0.29, 0.717) is 23.7 Å². The van der Waals surface area contributed by atoms with Gasteiger partial charge in [-0.15, -0.1) is 5.10 Å². The quantitative estimate of drug-likeness (QED) is 0.445. The molecular formula is C27H34N4O4. The Morgan fingerprint density at radius 2 is 1.86 bits per heavy atom. The molecule has 4 rings (SSSR count). The van der Waals surface area contributed by atoms with Gasteiger partial charge < -0.3 is 9.47 Å². The zero-order valence-corrected chi connectivity index (χ0v) is 20.8. The molecule has 0 unspecified atom stereocenters. The monoisotopic (exact) mass is 478 g/mol. The lowest BCUT2D eigenvalue weighted by Gasteiger charge is -2.26. The molecule has 8 heteroatoms. The number of nitrogens with zero attached hydrogens (tertiary/aromatic N) is 4. The fourth-order valence-electron chi connectivity index (χ4n) is 4.29. The third-order valence-corrected chi connectivity index (χ3v) is 6.16. The molecule has 0 atom stereocenters. The highest BCUT2D eigenvalue weighted by Crippen LogP contribution is 2.22. The molecule has 0 saturated carbocycles. The number of morpholine rings is 1. The first kappa shape index (κ1) is 24.9. The van der Waals surface area contributed by atoms with E-state index in [9.17, 15) is 9.59 Å². The smallest absolute Gasteiger partial charge is 0.351 e. The summed E-state index contributed by atoms with van der Waals surface area (Å²) in [7, 11) is 1.59. The molecule has 0 N–H and O–H groups in total. The Morgan fingerprint density at radius 3 is 2.54 bits per heavy atom. The SMILES string of the molecule is COc1cccc(-c2nn(-c3ccc(CCN4CCOCC4)cc3)c(=O)n2CC(=O)CC(C)C)c1. The highest BCUT2D eigenvalue weighted by molar-refractivity contribution is 5.79. The second-order valence-corrected chi connectivity index (χ2v) is 9.34. The Morgan fingerprint density at radius 1 is 1.11 bits per heavy atom. The molecular weight excluding hydrogens is 444 g/mol. The zero-order chi connectivity index (χ0) is 24.8. The molecule has 0 spiro atoms. The van der Waals surface area contributed by atoms with Crippen LogP contribution in [-0.2, 0) is 22.5 Å². The summed E-state index contributed by atoms with van der Waals surface area (Å²) in [6, 6.07) is 15.3. The first-order valence-electron chi connectivity index (χ1n) is 12.2. The average molecular weight is 479 g/mol. The fourth-order valence-corrected chi connectivity index (χ4v) is 4.29. The largest absolute Gasteiger partial charge is 0.497 e. The van der Waals surface area contributed by atoms with Gasteiger partial charge in [-0.2, -0.15) is 4.68 Å². The van der Waals surface area contributed by atoms with E-state index in [1.54, 1.807) is 7.11 Å². The zero-order valence-electron chi connectivity index (χ0n) is 20.8. The van der Waals surface area contributed by atoms with Crippen molar-refractivity contribution in [3.63, 3.8) is 0 Å². The molecule has 35 heavy (non-hydrogen) atoms. The number of rotatable bonds is 10. The normalized spacial score (nSPS) is 14.4. The summed E-state index contributed by atoms with van der Waals surface area (Å²) in [5.74, 6) is 1.33. The number of aromatic nitrogens is 3. The summed E-state index contributed by atoms with van der Waals surface area (Å²) in [6.45, 7) is 8.47. The van der Waals surface area contributed by atoms with E-state index >= 15 is 0 Å². The lowest BCUT2D eigenvalue weighted by atomic mass is 10.1. The van der Waals surface area contributed by atoms with Crippen molar-refractivity contribution in [1.82, 2.24) is 19.2 Å². The molecule has 1 saturated heterocycles. The topological polar surface area (TPSA) is 78.6 Å². The molecule has 0 radical (unpaired) electrons. The van der Waals surface area contributed by atoms with Crippen LogP contribution >= 0.6 is 0 Å². The third-order valence-electron chi connectivity index (χ3n) is 6.16. The Bertz CT molecular complexity index is 1190. The van der Waals surface area contributed by atoms with Crippen LogP contribution in [0.3, 0.4) is 0 Å². The van der Waals surface area contributed by atoms with Crippen molar-refractivity contribution in [1.29, 1.82) is 0 Å². The van der Waals surface area contributed by atoms with Gasteiger partial charge in [0.2, 0.25) is 0 Å². The van der Waals surface area contributed by atoms with Gasteiger partial charge in [-0.3, -0.25) is 14.3 Å². The predicted octanol–water partition coefficient (Wildman–Crippen LogP) is 3.20. The molecule has 1 aromatic heterocycles. The minimum absolute atomic E-state index is 0.00394. The van der Waals surface area contributed by atoms with Gasteiger partial charge in [-0.25, -0.2) is 4.79 Å². The maximum Gasteiger partial charge on any atom is 0.351 e. The third kappa shape index (κ3) is 6.26. The number of ketones is 1. The van der Waals surface area contributed by atoms with E-state index in [1.165, 1.54) is 14.8 Å². The Balaban J connectivity index is 1.61. The first-order valence-corrected chi connectivity index (χ1v) is 12.2. The Kier molecular flexibility index (Phi) is 8.15. The van der Waals surface area contributed by atoms with Crippen LogP contribution in [0.4, 0.5) is 0 Å². The van der Waals surface area contributed by atoms with Crippen molar-refractivity contribution in [2.75, 3.05) is 40.0 Å². The summed E-state index contributed by atoms with van der Waals surface area (Å²) in [5, 5.41) is 4.64. The lowest BCUT2D eigenvalue weighted by Crippen LogP contribution is -2.37. The first-order chi connectivity index (χ1) is 16.9. The molecule has 0 amide bonds. The molecule has 3 aromatic rings. The minimum atomic E-state index is -0.332. The lowest BCUT2D eigenvalue weighted by molar-refractivity contribution is -0.120.